The standard InChI is InChI=1S/C18H12N6O2/c1-25-13-4-3-11(5-14(13)26-2)15-17(8-21,9-22)18(15,10-23)16(24)12(6-19)7-20/h3-5,15H,24H2,1-2H3. The zero-order valence-corrected chi connectivity index (χ0v) is 13.9. The van der Waals surface area contributed by atoms with Gasteiger partial charge in [0.15, 0.2) is 16.9 Å². The number of nitrogens with zero attached hydrogens (tertiary/aromatic N) is 5. The quantitative estimate of drug-likeness (QED) is 0.804. The summed E-state index contributed by atoms with van der Waals surface area (Å²) < 4.78 is 10.4. The summed E-state index contributed by atoms with van der Waals surface area (Å²) in [6, 6.07) is 13.5. The number of rotatable bonds is 4. The van der Waals surface area contributed by atoms with Crippen molar-refractivity contribution < 1.29 is 9.47 Å². The molecule has 1 aliphatic rings. The van der Waals surface area contributed by atoms with Crippen LogP contribution in [0.4, 0.5) is 0 Å². The van der Waals surface area contributed by atoms with Gasteiger partial charge in [0.1, 0.15) is 23.1 Å². The predicted octanol–water partition coefficient (Wildman–Crippen LogP) is 1.60. The predicted molar refractivity (Wildman–Crippen MR) is 86.4 cm³/mol. The summed E-state index contributed by atoms with van der Waals surface area (Å²) in [6.45, 7) is 0. The zero-order valence-electron chi connectivity index (χ0n) is 13.9. The van der Waals surface area contributed by atoms with E-state index in [4.69, 9.17) is 25.7 Å². The van der Waals surface area contributed by atoms with Gasteiger partial charge in [0.25, 0.3) is 0 Å². The van der Waals surface area contributed by atoms with Gasteiger partial charge in [-0.25, -0.2) is 0 Å². The van der Waals surface area contributed by atoms with E-state index >= 15 is 0 Å². The maximum atomic E-state index is 9.78. The first-order chi connectivity index (χ1) is 12.5. The van der Waals surface area contributed by atoms with Crippen LogP contribution in [0.15, 0.2) is 29.5 Å². The first-order valence-corrected chi connectivity index (χ1v) is 7.24. The molecule has 1 fully saturated rings. The second kappa shape index (κ2) is 6.37. The molecule has 1 aromatic rings. The Balaban J connectivity index is 2.78. The van der Waals surface area contributed by atoms with Crippen molar-refractivity contribution in [2.75, 3.05) is 14.2 Å². The van der Waals surface area contributed by atoms with Crippen LogP contribution in [0.25, 0.3) is 0 Å². The van der Waals surface area contributed by atoms with E-state index in [1.807, 2.05) is 18.2 Å². The number of benzene rings is 1. The van der Waals surface area contributed by atoms with Crippen molar-refractivity contribution in [1.29, 1.82) is 26.3 Å². The number of allylic oxidation sites excluding steroid dienone is 2. The van der Waals surface area contributed by atoms with Crippen LogP contribution in [-0.4, -0.2) is 14.2 Å². The van der Waals surface area contributed by atoms with Gasteiger partial charge in [-0.15, -0.1) is 0 Å². The van der Waals surface area contributed by atoms with E-state index in [1.165, 1.54) is 20.3 Å². The summed E-state index contributed by atoms with van der Waals surface area (Å²) in [7, 11) is 2.88. The highest BCUT2D eigenvalue weighted by Gasteiger charge is 2.82. The average Bonchev–Trinajstić information content (AvgIpc) is 3.31. The summed E-state index contributed by atoms with van der Waals surface area (Å²) >= 11 is 0. The van der Waals surface area contributed by atoms with E-state index in [9.17, 15) is 15.8 Å². The minimum Gasteiger partial charge on any atom is -0.493 e. The fourth-order valence-electron chi connectivity index (χ4n) is 3.26. The highest BCUT2D eigenvalue weighted by molar-refractivity contribution is 5.64. The molecule has 126 valence electrons. The summed E-state index contributed by atoms with van der Waals surface area (Å²) in [5, 5.41) is 47.2. The Morgan fingerprint density at radius 2 is 1.54 bits per heavy atom. The molecule has 0 amide bonds. The lowest BCUT2D eigenvalue weighted by Crippen LogP contribution is -2.20. The minimum absolute atomic E-state index is 0.344. The van der Waals surface area contributed by atoms with Crippen molar-refractivity contribution >= 4 is 0 Å². The Bertz CT molecular complexity index is 979. The van der Waals surface area contributed by atoms with Crippen molar-refractivity contribution in [2.45, 2.75) is 5.92 Å². The van der Waals surface area contributed by atoms with Crippen LogP contribution in [0, 0.1) is 67.5 Å². The first kappa shape index (κ1) is 18.2. The molecule has 8 heteroatoms. The Morgan fingerprint density at radius 1 is 0.962 bits per heavy atom. The van der Waals surface area contributed by atoms with Crippen LogP contribution in [0.5, 0.6) is 11.5 Å². The molecule has 8 nitrogen and oxygen atoms in total. The van der Waals surface area contributed by atoms with Crippen LogP contribution in [0.3, 0.4) is 0 Å². The SMILES string of the molecule is COc1ccc(C2C(C#N)(C#N)C2(C#N)C(N)=C(C#N)C#N)cc1OC. The number of nitriles is 5. The molecule has 26 heavy (non-hydrogen) atoms. The molecule has 0 spiro atoms. The van der Waals surface area contributed by atoms with Gasteiger partial charge in [-0.3, -0.25) is 0 Å². The fraction of sp³-hybridized carbons (Fsp3) is 0.278. The van der Waals surface area contributed by atoms with Gasteiger partial charge in [-0.1, -0.05) is 6.07 Å². The summed E-state index contributed by atoms with van der Waals surface area (Å²) in [6.07, 6.45) is 0. The van der Waals surface area contributed by atoms with Crippen LogP contribution in [0.2, 0.25) is 0 Å². The first-order valence-electron chi connectivity index (χ1n) is 7.24. The largest absolute Gasteiger partial charge is 0.493 e. The topological polar surface area (TPSA) is 163 Å². The number of methoxy groups -OCH3 is 2. The monoisotopic (exact) mass is 344 g/mol. The zero-order chi connectivity index (χ0) is 19.5. The smallest absolute Gasteiger partial charge is 0.177 e. The lowest BCUT2D eigenvalue weighted by Gasteiger charge is -2.11. The Morgan fingerprint density at radius 3 is 1.96 bits per heavy atom. The lowest BCUT2D eigenvalue weighted by molar-refractivity contribution is 0.354. The van der Waals surface area contributed by atoms with Gasteiger partial charge in [0, 0.05) is 5.92 Å². The maximum Gasteiger partial charge on any atom is 0.177 e. The number of hydrogen-bond acceptors (Lipinski definition) is 8. The molecule has 1 aliphatic carbocycles. The molecule has 0 bridgehead atoms. The number of hydrogen-bond donors (Lipinski definition) is 1. The van der Waals surface area contributed by atoms with E-state index in [2.05, 4.69) is 0 Å². The van der Waals surface area contributed by atoms with Crippen molar-refractivity contribution in [2.24, 2.45) is 16.6 Å². The Labute approximate surface area is 150 Å². The number of nitrogens with two attached hydrogens (primary N) is 1. The molecule has 0 aliphatic heterocycles. The lowest BCUT2D eigenvalue weighted by atomic mass is 9.90. The molecule has 0 aromatic heterocycles. The molecule has 0 saturated heterocycles. The van der Waals surface area contributed by atoms with Crippen molar-refractivity contribution in [3.05, 3.63) is 35.0 Å². The van der Waals surface area contributed by atoms with Crippen molar-refractivity contribution in [3.63, 3.8) is 0 Å². The third-order valence-electron chi connectivity index (χ3n) is 4.59. The summed E-state index contributed by atoms with van der Waals surface area (Å²) in [5.74, 6) is -0.180. The highest BCUT2D eigenvalue weighted by Crippen LogP contribution is 2.76. The van der Waals surface area contributed by atoms with Crippen LogP contribution in [-0.2, 0) is 0 Å². The van der Waals surface area contributed by atoms with Crippen LogP contribution < -0.4 is 15.2 Å². The van der Waals surface area contributed by atoms with Crippen molar-refractivity contribution in [1.82, 2.24) is 0 Å². The Hall–Kier alpha value is -4.19. The van der Waals surface area contributed by atoms with E-state index in [-0.39, 0.29) is 5.70 Å². The molecule has 2 rings (SSSR count). The van der Waals surface area contributed by atoms with Crippen molar-refractivity contribution in [3.8, 4) is 41.8 Å². The molecule has 1 aromatic carbocycles. The van der Waals surface area contributed by atoms with Gasteiger partial charge in [-0.2, -0.15) is 26.3 Å². The third-order valence-corrected chi connectivity index (χ3v) is 4.59. The second-order valence-corrected chi connectivity index (χ2v) is 5.51. The molecular weight excluding hydrogens is 332 g/mol. The molecule has 0 radical (unpaired) electrons. The molecule has 0 heterocycles. The van der Waals surface area contributed by atoms with E-state index in [1.54, 1.807) is 24.3 Å². The normalized spacial score (nSPS) is 21.5. The summed E-state index contributed by atoms with van der Waals surface area (Å²) in [4.78, 5) is 0. The van der Waals surface area contributed by atoms with E-state index < -0.39 is 22.3 Å². The third kappa shape index (κ3) is 2.03. The molecule has 2 unspecified atom stereocenters. The molecule has 1 saturated carbocycles. The molecular formula is C18H12N6O2. The highest BCUT2D eigenvalue weighted by atomic mass is 16.5. The van der Waals surface area contributed by atoms with Crippen LogP contribution >= 0.6 is 0 Å². The number of ether oxygens (including phenoxy) is 2. The van der Waals surface area contributed by atoms with Gasteiger partial charge < -0.3 is 15.2 Å². The average molecular weight is 344 g/mol. The van der Waals surface area contributed by atoms with Crippen LogP contribution in [0.1, 0.15) is 11.5 Å². The van der Waals surface area contributed by atoms with Gasteiger partial charge >= 0.3 is 0 Å². The second-order valence-electron chi connectivity index (χ2n) is 5.51. The van der Waals surface area contributed by atoms with E-state index in [0.717, 1.165) is 0 Å². The Kier molecular flexibility index (Phi) is 4.45. The van der Waals surface area contributed by atoms with E-state index in [0.29, 0.717) is 17.1 Å². The summed E-state index contributed by atoms with van der Waals surface area (Å²) in [5.41, 5.74) is 1.85. The molecule has 2 N–H and O–H groups in total. The minimum atomic E-state index is -1.83. The van der Waals surface area contributed by atoms with Gasteiger partial charge in [0.05, 0.1) is 38.1 Å². The fourth-order valence-corrected chi connectivity index (χ4v) is 3.26. The van der Waals surface area contributed by atoms with Gasteiger partial charge in [-0.05, 0) is 17.7 Å². The van der Waals surface area contributed by atoms with Gasteiger partial charge in [0.2, 0.25) is 0 Å². The maximum absolute atomic E-state index is 9.78. The molecule has 2 atom stereocenters.